The number of aryl methyl sites for hydroxylation is 2. The number of rotatable bonds is 2. The van der Waals surface area contributed by atoms with Crippen molar-refractivity contribution >= 4 is 27.5 Å². The van der Waals surface area contributed by atoms with Crippen molar-refractivity contribution in [3.8, 4) is 0 Å². The molecule has 0 aliphatic rings. The van der Waals surface area contributed by atoms with Crippen LogP contribution in [0.4, 0.5) is 13.2 Å². The molecule has 0 bridgehead atoms. The van der Waals surface area contributed by atoms with Crippen molar-refractivity contribution < 1.29 is 13.2 Å². The van der Waals surface area contributed by atoms with E-state index < -0.39 is 11.7 Å². The molecule has 2 aromatic rings. The summed E-state index contributed by atoms with van der Waals surface area (Å²) in [6, 6.07) is 8.91. The van der Waals surface area contributed by atoms with Crippen LogP contribution in [0.15, 0.2) is 36.4 Å². The Kier molecular flexibility index (Phi) is 4.69. The van der Waals surface area contributed by atoms with Gasteiger partial charge in [-0.2, -0.15) is 13.2 Å². The average Bonchev–Trinajstić information content (AvgIpc) is 2.41. The molecule has 0 nitrogen and oxygen atoms in total. The number of hydrogen-bond donors (Lipinski definition) is 0. The second-order valence-corrected chi connectivity index (χ2v) is 6.26. The van der Waals surface area contributed by atoms with Crippen LogP contribution in [0.2, 0.25) is 5.02 Å². The maximum Gasteiger partial charge on any atom is 0.416 e. The molecule has 0 N–H and O–H groups in total. The van der Waals surface area contributed by atoms with E-state index in [1.807, 2.05) is 26.0 Å². The summed E-state index contributed by atoms with van der Waals surface area (Å²) in [6.45, 7) is 3.94. The van der Waals surface area contributed by atoms with Crippen molar-refractivity contribution in [1.82, 2.24) is 0 Å². The van der Waals surface area contributed by atoms with Crippen LogP contribution in [0, 0.1) is 13.8 Å². The van der Waals surface area contributed by atoms with Crippen molar-refractivity contribution in [1.29, 1.82) is 0 Å². The van der Waals surface area contributed by atoms with E-state index in [2.05, 4.69) is 15.9 Å². The fourth-order valence-corrected chi connectivity index (χ4v) is 3.16. The number of hydrogen-bond acceptors (Lipinski definition) is 0. The molecule has 0 aliphatic carbocycles. The molecule has 0 heterocycles. The topological polar surface area (TPSA) is 0 Å². The zero-order chi connectivity index (χ0) is 15.8. The van der Waals surface area contributed by atoms with Gasteiger partial charge in [-0.05, 0) is 54.3 Å². The minimum absolute atomic E-state index is 0.244. The lowest BCUT2D eigenvalue weighted by Gasteiger charge is -2.16. The predicted octanol–water partition coefficient (Wildman–Crippen LogP) is 6.46. The molecule has 0 saturated heterocycles. The van der Waals surface area contributed by atoms with Crippen LogP contribution in [0.1, 0.15) is 32.6 Å². The van der Waals surface area contributed by atoms with E-state index in [0.717, 1.165) is 34.4 Å². The van der Waals surface area contributed by atoms with Crippen molar-refractivity contribution in [2.75, 3.05) is 0 Å². The van der Waals surface area contributed by atoms with Crippen molar-refractivity contribution in [2.45, 2.75) is 24.9 Å². The highest BCUT2D eigenvalue weighted by molar-refractivity contribution is 9.09. The van der Waals surface area contributed by atoms with E-state index in [4.69, 9.17) is 11.6 Å². The van der Waals surface area contributed by atoms with E-state index in [9.17, 15) is 13.2 Å². The zero-order valence-corrected chi connectivity index (χ0v) is 13.8. The lowest BCUT2D eigenvalue weighted by Crippen LogP contribution is -2.05. The molecule has 0 amide bonds. The zero-order valence-electron chi connectivity index (χ0n) is 11.4. The van der Waals surface area contributed by atoms with Crippen LogP contribution in [-0.2, 0) is 6.18 Å². The van der Waals surface area contributed by atoms with E-state index in [1.54, 1.807) is 0 Å². The van der Waals surface area contributed by atoms with Gasteiger partial charge in [-0.1, -0.05) is 45.7 Å². The lowest BCUT2D eigenvalue weighted by molar-refractivity contribution is -0.137. The molecule has 0 fully saturated rings. The van der Waals surface area contributed by atoms with Crippen LogP contribution in [0.5, 0.6) is 0 Å². The third kappa shape index (κ3) is 3.61. The van der Waals surface area contributed by atoms with Gasteiger partial charge >= 0.3 is 6.18 Å². The smallest absolute Gasteiger partial charge is 0.166 e. The van der Waals surface area contributed by atoms with Gasteiger partial charge in [0, 0.05) is 5.02 Å². The minimum Gasteiger partial charge on any atom is -0.166 e. The van der Waals surface area contributed by atoms with Crippen molar-refractivity contribution in [2.24, 2.45) is 0 Å². The summed E-state index contributed by atoms with van der Waals surface area (Å²) in [5.74, 6) is 0. The second kappa shape index (κ2) is 6.01. The number of halogens is 5. The van der Waals surface area contributed by atoms with Gasteiger partial charge in [0.05, 0.1) is 10.4 Å². The van der Waals surface area contributed by atoms with Crippen LogP contribution in [-0.4, -0.2) is 0 Å². The maximum absolute atomic E-state index is 12.6. The largest absolute Gasteiger partial charge is 0.416 e. The molecule has 0 radical (unpaired) electrons. The molecule has 1 atom stereocenters. The standard InChI is InChI=1S/C16H13BrClF3/c1-9-7-13(14(18)8-10(9)2)15(17)11-3-5-12(6-4-11)16(19,20)21/h3-8,15H,1-2H3. The Balaban J connectivity index is 2.36. The molecule has 1 unspecified atom stereocenters. The van der Waals surface area contributed by atoms with Crippen LogP contribution >= 0.6 is 27.5 Å². The third-order valence-corrected chi connectivity index (χ3v) is 4.77. The fourth-order valence-electron chi connectivity index (χ4n) is 2.02. The highest BCUT2D eigenvalue weighted by atomic mass is 79.9. The minimum atomic E-state index is -4.32. The normalized spacial score (nSPS) is 13.3. The Morgan fingerprint density at radius 1 is 1.00 bits per heavy atom. The molecule has 2 rings (SSSR count). The third-order valence-electron chi connectivity index (χ3n) is 3.42. The highest BCUT2D eigenvalue weighted by Gasteiger charge is 2.30. The summed E-state index contributed by atoms with van der Waals surface area (Å²) in [5, 5.41) is 0.597. The summed E-state index contributed by atoms with van der Waals surface area (Å²) in [7, 11) is 0. The number of benzene rings is 2. The van der Waals surface area contributed by atoms with Crippen molar-refractivity contribution in [3.05, 3.63) is 69.2 Å². The first-order valence-electron chi connectivity index (χ1n) is 6.28. The molecular formula is C16H13BrClF3. The molecule has 0 aromatic heterocycles. The first kappa shape index (κ1) is 16.4. The first-order chi connectivity index (χ1) is 9.70. The fraction of sp³-hybridized carbons (Fsp3) is 0.250. The van der Waals surface area contributed by atoms with E-state index >= 15 is 0 Å². The van der Waals surface area contributed by atoms with Crippen molar-refractivity contribution in [3.63, 3.8) is 0 Å². The lowest BCUT2D eigenvalue weighted by atomic mass is 9.99. The van der Waals surface area contributed by atoms with Gasteiger partial charge in [-0.3, -0.25) is 0 Å². The van der Waals surface area contributed by atoms with Crippen LogP contribution in [0.25, 0.3) is 0 Å². The SMILES string of the molecule is Cc1cc(Cl)c(C(Br)c2ccc(C(F)(F)F)cc2)cc1C. The molecule has 0 aliphatic heterocycles. The monoisotopic (exact) mass is 376 g/mol. The summed E-state index contributed by atoms with van der Waals surface area (Å²) in [6.07, 6.45) is -4.32. The Morgan fingerprint density at radius 2 is 1.52 bits per heavy atom. The first-order valence-corrected chi connectivity index (χ1v) is 7.57. The van der Waals surface area contributed by atoms with Gasteiger partial charge in [-0.25, -0.2) is 0 Å². The van der Waals surface area contributed by atoms with Gasteiger partial charge in [-0.15, -0.1) is 0 Å². The Morgan fingerprint density at radius 3 is 2.05 bits per heavy atom. The van der Waals surface area contributed by atoms with E-state index in [0.29, 0.717) is 5.02 Å². The van der Waals surface area contributed by atoms with E-state index in [-0.39, 0.29) is 4.83 Å². The van der Waals surface area contributed by atoms with Gasteiger partial charge in [0.1, 0.15) is 0 Å². The second-order valence-electron chi connectivity index (χ2n) is 4.94. The van der Waals surface area contributed by atoms with Gasteiger partial charge < -0.3 is 0 Å². The van der Waals surface area contributed by atoms with Gasteiger partial charge in [0.15, 0.2) is 0 Å². The molecule has 5 heteroatoms. The number of alkyl halides is 4. The molecule has 0 saturated carbocycles. The summed E-state index contributed by atoms with van der Waals surface area (Å²) >= 11 is 9.75. The Bertz CT molecular complexity index is 648. The Labute approximate surface area is 135 Å². The highest BCUT2D eigenvalue weighted by Crippen LogP contribution is 2.38. The summed E-state index contributed by atoms with van der Waals surface area (Å²) in [5.41, 5.74) is 3.09. The summed E-state index contributed by atoms with van der Waals surface area (Å²) in [4.78, 5) is -0.244. The summed E-state index contributed by atoms with van der Waals surface area (Å²) < 4.78 is 37.7. The molecule has 21 heavy (non-hydrogen) atoms. The molecular weight excluding hydrogens is 365 g/mol. The van der Waals surface area contributed by atoms with E-state index in [1.165, 1.54) is 12.1 Å². The molecule has 2 aromatic carbocycles. The predicted molar refractivity (Wildman–Crippen MR) is 83.1 cm³/mol. The van der Waals surface area contributed by atoms with Gasteiger partial charge in [0.2, 0.25) is 0 Å². The van der Waals surface area contributed by atoms with Crippen LogP contribution < -0.4 is 0 Å². The van der Waals surface area contributed by atoms with Crippen LogP contribution in [0.3, 0.4) is 0 Å². The quantitative estimate of drug-likeness (QED) is 0.527. The molecule has 0 spiro atoms. The Hall–Kier alpha value is -1.00. The molecule has 112 valence electrons. The average molecular weight is 378 g/mol. The van der Waals surface area contributed by atoms with Gasteiger partial charge in [0.25, 0.3) is 0 Å². The maximum atomic E-state index is 12.6.